The van der Waals surface area contributed by atoms with Gasteiger partial charge in [-0.05, 0) is 44.0 Å². The van der Waals surface area contributed by atoms with E-state index < -0.39 is 15.9 Å². The number of anilines is 4. The highest BCUT2D eigenvalue weighted by Gasteiger charge is 2.27. The zero-order valence-electron chi connectivity index (χ0n) is 17.5. The molecule has 1 saturated heterocycles. The molecule has 1 aliphatic carbocycles. The van der Waals surface area contributed by atoms with Crippen molar-refractivity contribution in [1.29, 1.82) is 0 Å². The molecule has 2 aromatic rings. The van der Waals surface area contributed by atoms with E-state index in [1.807, 2.05) is 24.3 Å². The Balaban J connectivity index is 1.40. The fourth-order valence-corrected chi connectivity index (χ4v) is 4.58. The number of piperazine rings is 1. The van der Waals surface area contributed by atoms with Crippen LogP contribution in [0.2, 0.25) is 0 Å². The molecule has 2 fully saturated rings. The summed E-state index contributed by atoms with van der Waals surface area (Å²) in [4.78, 5) is 21.2. The molecular formula is C20H28N7O3S+. The average Bonchev–Trinajstić information content (AvgIpc) is 3.58. The quantitative estimate of drug-likeness (QED) is 0.545. The Morgan fingerprint density at radius 1 is 1.19 bits per heavy atom. The Morgan fingerprint density at radius 2 is 1.87 bits per heavy atom. The number of rotatable bonds is 8. The molecule has 166 valence electrons. The number of primary amides is 1. The molecule has 0 radical (unpaired) electrons. The maximum atomic E-state index is 12.0. The van der Waals surface area contributed by atoms with Crippen LogP contribution < -0.4 is 26.3 Å². The van der Waals surface area contributed by atoms with E-state index in [2.05, 4.69) is 25.5 Å². The van der Waals surface area contributed by atoms with Crippen LogP contribution in [0.3, 0.4) is 0 Å². The van der Waals surface area contributed by atoms with Gasteiger partial charge in [-0.25, -0.2) is 18.7 Å². The second kappa shape index (κ2) is 8.67. The van der Waals surface area contributed by atoms with Gasteiger partial charge in [-0.1, -0.05) is 4.98 Å². The second-order valence-electron chi connectivity index (χ2n) is 7.75. The highest BCUT2D eigenvalue weighted by atomic mass is 32.2. The third kappa shape index (κ3) is 5.05. The van der Waals surface area contributed by atoms with Crippen molar-refractivity contribution < 1.29 is 18.2 Å². The highest BCUT2D eigenvalue weighted by molar-refractivity contribution is 7.89. The van der Waals surface area contributed by atoms with Gasteiger partial charge in [0.2, 0.25) is 15.8 Å². The van der Waals surface area contributed by atoms with Crippen LogP contribution in [0.25, 0.3) is 0 Å². The minimum Gasteiger partial charge on any atom is -0.369 e. The molecule has 1 amide bonds. The number of carbonyl (C=O) groups is 1. The molecule has 2 heterocycles. The molecule has 5 N–H and O–H groups in total. The Bertz CT molecular complexity index is 1050. The Hall–Kier alpha value is -2.92. The Labute approximate surface area is 181 Å². The number of amides is 1. The Morgan fingerprint density at radius 3 is 2.45 bits per heavy atom. The number of hydrogen-bond acceptors (Lipinski definition) is 7. The molecule has 1 aliphatic heterocycles. The number of nitrogens with zero attached hydrogens (tertiary/aromatic N) is 3. The summed E-state index contributed by atoms with van der Waals surface area (Å²) in [6.07, 6.45) is 3.67. The zero-order chi connectivity index (χ0) is 22.0. The van der Waals surface area contributed by atoms with E-state index in [-0.39, 0.29) is 5.75 Å². The van der Waals surface area contributed by atoms with E-state index in [0.717, 1.165) is 24.2 Å². The van der Waals surface area contributed by atoms with Gasteiger partial charge in [0.15, 0.2) is 0 Å². The first kappa shape index (κ1) is 21.3. The molecule has 1 aromatic carbocycles. The number of carbonyl (C=O) groups excluding carboxylic acids is 1. The second-order valence-corrected chi connectivity index (χ2v) is 10.0. The predicted octanol–water partition coefficient (Wildman–Crippen LogP) is 0.784. The third-order valence-electron chi connectivity index (χ3n) is 5.51. The van der Waals surface area contributed by atoms with Gasteiger partial charge in [-0.15, -0.1) is 0 Å². The van der Waals surface area contributed by atoms with Crippen LogP contribution in [0, 0.1) is 0 Å². The number of nitrogens with one attached hydrogen (secondary N) is 3. The summed E-state index contributed by atoms with van der Waals surface area (Å²) in [5.74, 6) is 0.582. The molecule has 0 bridgehead atoms. The predicted molar refractivity (Wildman–Crippen MR) is 119 cm³/mol. The van der Waals surface area contributed by atoms with Crippen LogP contribution >= 0.6 is 0 Å². The van der Waals surface area contributed by atoms with E-state index in [1.165, 1.54) is 0 Å². The summed E-state index contributed by atoms with van der Waals surface area (Å²) in [5.41, 5.74) is 7.65. The van der Waals surface area contributed by atoms with Gasteiger partial charge in [-0.2, -0.15) is 4.31 Å². The first-order chi connectivity index (χ1) is 14.9. The lowest BCUT2D eigenvalue weighted by atomic mass is 10.2. The van der Waals surface area contributed by atoms with Crippen molar-refractivity contribution in [3.05, 3.63) is 36.0 Å². The lowest BCUT2D eigenvalue weighted by molar-refractivity contribution is -0.364. The monoisotopic (exact) mass is 446 g/mol. The van der Waals surface area contributed by atoms with Crippen LogP contribution in [-0.2, 0) is 10.0 Å². The van der Waals surface area contributed by atoms with E-state index in [9.17, 15) is 13.2 Å². The molecule has 0 unspecified atom stereocenters. The number of nitrogens with two attached hydrogens (primary N) is 1. The van der Waals surface area contributed by atoms with Gasteiger partial charge < -0.3 is 16.0 Å². The van der Waals surface area contributed by atoms with E-state index in [0.29, 0.717) is 49.6 Å². The number of aromatic amines is 1. The van der Waals surface area contributed by atoms with E-state index in [1.54, 1.807) is 17.4 Å². The molecule has 1 saturated carbocycles. The van der Waals surface area contributed by atoms with Gasteiger partial charge in [0.1, 0.15) is 5.56 Å². The van der Waals surface area contributed by atoms with Crippen LogP contribution in [0.15, 0.2) is 30.5 Å². The van der Waals surface area contributed by atoms with E-state index >= 15 is 0 Å². The van der Waals surface area contributed by atoms with Crippen molar-refractivity contribution in [2.75, 3.05) is 47.5 Å². The number of hydrogen-bond donors (Lipinski definition) is 3. The van der Waals surface area contributed by atoms with Crippen molar-refractivity contribution in [1.82, 2.24) is 9.29 Å². The molecule has 1 aromatic heterocycles. The molecule has 31 heavy (non-hydrogen) atoms. The van der Waals surface area contributed by atoms with Crippen LogP contribution in [0.5, 0.6) is 0 Å². The summed E-state index contributed by atoms with van der Waals surface area (Å²) in [5, 5.41) is 6.44. The van der Waals surface area contributed by atoms with Crippen molar-refractivity contribution in [2.24, 2.45) is 5.73 Å². The largest absolute Gasteiger partial charge is 0.396 e. The highest BCUT2D eigenvalue weighted by Crippen LogP contribution is 2.26. The molecule has 4 rings (SSSR count). The summed E-state index contributed by atoms with van der Waals surface area (Å²) in [6.45, 7) is 3.99. The average molecular weight is 447 g/mol. The number of sulfonamides is 1. The molecule has 10 nitrogen and oxygen atoms in total. The van der Waals surface area contributed by atoms with Gasteiger partial charge >= 0.3 is 5.95 Å². The minimum absolute atomic E-state index is 0.136. The van der Waals surface area contributed by atoms with Crippen molar-refractivity contribution in [2.45, 2.75) is 25.8 Å². The molecule has 0 spiro atoms. The smallest absolute Gasteiger partial charge is 0.369 e. The first-order valence-electron chi connectivity index (χ1n) is 10.4. The number of aromatic nitrogens is 2. The van der Waals surface area contributed by atoms with Crippen molar-refractivity contribution in [3.8, 4) is 0 Å². The number of H-pyrrole nitrogens is 1. The standard InChI is InChI=1S/C20H27N7O3S/c1-2-31(29,30)27-11-9-26(10-12-27)16-7-5-15(6-8-16)24-20-22-13-17(18(21)28)19(25-20)23-14-3-4-14/h5-8,13-14H,2-4,9-12H2,1H3,(H2,21,28)(H2,22,23,24,25)/p+1. The summed E-state index contributed by atoms with van der Waals surface area (Å²) in [6, 6.07) is 8.21. The van der Waals surface area contributed by atoms with Crippen LogP contribution in [-0.4, -0.2) is 61.6 Å². The molecule has 0 atom stereocenters. The maximum Gasteiger partial charge on any atom is 0.396 e. The van der Waals surface area contributed by atoms with Crippen molar-refractivity contribution >= 4 is 39.1 Å². The minimum atomic E-state index is -3.13. The van der Waals surface area contributed by atoms with Gasteiger partial charge in [0.05, 0.1) is 17.6 Å². The molecule has 11 heteroatoms. The van der Waals surface area contributed by atoms with Gasteiger partial charge in [-0.3, -0.25) is 4.79 Å². The van der Waals surface area contributed by atoms with Gasteiger partial charge in [0.25, 0.3) is 5.91 Å². The lowest BCUT2D eigenvalue weighted by Gasteiger charge is -2.35. The van der Waals surface area contributed by atoms with Gasteiger partial charge in [0, 0.05) is 37.9 Å². The van der Waals surface area contributed by atoms with Crippen LogP contribution in [0.1, 0.15) is 30.1 Å². The fraction of sp³-hybridized carbons (Fsp3) is 0.450. The number of benzene rings is 1. The maximum absolute atomic E-state index is 12.0. The normalized spacial score (nSPS) is 17.4. The Kier molecular flexibility index (Phi) is 5.96. The SMILES string of the molecule is CCS(=O)(=O)N1CCN(c2ccc(Nc3nc(NC4CC4)c(C(N)=O)c[nH+]3)cc2)CC1. The molecule has 2 aliphatic rings. The fourth-order valence-electron chi connectivity index (χ4n) is 3.50. The topological polar surface area (TPSA) is 135 Å². The van der Waals surface area contributed by atoms with Crippen LogP contribution in [0.4, 0.5) is 23.1 Å². The summed E-state index contributed by atoms with van der Waals surface area (Å²) in [7, 11) is -3.13. The van der Waals surface area contributed by atoms with Crippen molar-refractivity contribution in [3.63, 3.8) is 0 Å². The third-order valence-corrected chi connectivity index (χ3v) is 7.39. The lowest BCUT2D eigenvalue weighted by Crippen LogP contribution is -2.49. The summed E-state index contributed by atoms with van der Waals surface area (Å²) >= 11 is 0. The zero-order valence-corrected chi connectivity index (χ0v) is 18.3. The molecular weight excluding hydrogens is 418 g/mol. The first-order valence-corrected chi connectivity index (χ1v) is 12.1. The summed E-state index contributed by atoms with van der Waals surface area (Å²) < 4.78 is 25.6. The van der Waals surface area contributed by atoms with E-state index in [4.69, 9.17) is 5.73 Å².